The van der Waals surface area contributed by atoms with Crippen molar-refractivity contribution in [3.63, 3.8) is 0 Å². The molecule has 0 heterocycles. The van der Waals surface area contributed by atoms with Crippen molar-refractivity contribution in [2.75, 3.05) is 13.2 Å². The molecule has 0 fully saturated rings. The topological polar surface area (TPSA) is 83.1 Å². The lowest BCUT2D eigenvalue weighted by Crippen LogP contribution is -2.18. The first-order valence-corrected chi connectivity index (χ1v) is 8.68. The molecule has 1 unspecified atom stereocenters. The van der Waals surface area contributed by atoms with Crippen LogP contribution in [0.15, 0.2) is 24.3 Å². The average Bonchev–Trinajstić information content (AvgIpc) is 2.60. The maximum absolute atomic E-state index is 11.4. The highest BCUT2D eigenvalue weighted by atomic mass is 16.6. The van der Waals surface area contributed by atoms with Gasteiger partial charge in [0.15, 0.2) is 6.61 Å². The lowest BCUT2D eigenvalue weighted by molar-refractivity contribution is -0.145. The number of carbonyl (C=O) groups is 1. The van der Waals surface area contributed by atoms with Crippen molar-refractivity contribution in [3.05, 3.63) is 29.8 Å². The van der Waals surface area contributed by atoms with Crippen LogP contribution in [0, 0.1) is 28.1 Å². The zero-order valence-corrected chi connectivity index (χ0v) is 15.1. The van der Waals surface area contributed by atoms with E-state index in [1.807, 2.05) is 25.1 Å². The van der Waals surface area contributed by atoms with Gasteiger partial charge in [-0.2, -0.15) is 10.5 Å². The molecule has 5 heteroatoms. The predicted octanol–water partition coefficient (Wildman–Crippen LogP) is 4.17. The molecule has 0 saturated carbocycles. The third kappa shape index (κ3) is 8.22. The highest BCUT2D eigenvalue weighted by Gasteiger charge is 2.24. The van der Waals surface area contributed by atoms with Crippen LogP contribution in [-0.2, 0) is 16.0 Å². The standard InChI is InChI=1S/C20H26N2O3/c1-3-24-19(23)15-25-18-10-8-9-17(13-18)14-20(2,16-22)11-6-4-5-7-12-21/h8-10,13H,3-7,11,14-15H2,1-2H3. The fourth-order valence-electron chi connectivity index (χ4n) is 2.62. The van der Waals surface area contributed by atoms with Crippen molar-refractivity contribution in [1.82, 2.24) is 0 Å². The van der Waals surface area contributed by atoms with Crippen LogP contribution in [0.3, 0.4) is 0 Å². The van der Waals surface area contributed by atoms with Crippen LogP contribution in [0.4, 0.5) is 0 Å². The third-order valence-corrected chi connectivity index (χ3v) is 3.94. The quantitative estimate of drug-likeness (QED) is 0.445. The maximum Gasteiger partial charge on any atom is 0.344 e. The van der Waals surface area contributed by atoms with E-state index in [4.69, 9.17) is 14.7 Å². The van der Waals surface area contributed by atoms with E-state index in [1.54, 1.807) is 13.0 Å². The minimum absolute atomic E-state index is 0.119. The number of benzene rings is 1. The number of esters is 1. The molecule has 1 atom stereocenters. The summed E-state index contributed by atoms with van der Waals surface area (Å²) in [4.78, 5) is 11.4. The Kier molecular flexibility index (Phi) is 9.11. The molecule has 0 N–H and O–H groups in total. The summed E-state index contributed by atoms with van der Waals surface area (Å²) in [6, 6.07) is 12.0. The van der Waals surface area contributed by atoms with Crippen molar-refractivity contribution in [1.29, 1.82) is 10.5 Å². The van der Waals surface area contributed by atoms with E-state index in [0.29, 0.717) is 25.2 Å². The smallest absolute Gasteiger partial charge is 0.344 e. The first-order valence-electron chi connectivity index (χ1n) is 8.68. The Morgan fingerprint density at radius 1 is 1.24 bits per heavy atom. The van der Waals surface area contributed by atoms with Gasteiger partial charge in [0, 0.05) is 6.42 Å². The summed E-state index contributed by atoms with van der Waals surface area (Å²) < 4.78 is 10.3. The Bertz CT molecular complexity index is 631. The largest absolute Gasteiger partial charge is 0.482 e. The normalized spacial score (nSPS) is 12.5. The van der Waals surface area contributed by atoms with Gasteiger partial charge in [-0.25, -0.2) is 4.79 Å². The second-order valence-corrected chi connectivity index (χ2v) is 6.31. The van der Waals surface area contributed by atoms with E-state index >= 15 is 0 Å². The number of rotatable bonds is 11. The molecule has 0 bridgehead atoms. The molecule has 0 saturated heterocycles. The Hall–Kier alpha value is -2.53. The molecule has 0 aliphatic carbocycles. The first-order chi connectivity index (χ1) is 12.0. The van der Waals surface area contributed by atoms with Gasteiger partial charge in [-0.1, -0.05) is 25.0 Å². The van der Waals surface area contributed by atoms with Gasteiger partial charge in [0.2, 0.25) is 0 Å². The zero-order chi connectivity index (χ0) is 18.5. The van der Waals surface area contributed by atoms with Gasteiger partial charge in [-0.3, -0.25) is 0 Å². The van der Waals surface area contributed by atoms with Crippen LogP contribution in [-0.4, -0.2) is 19.2 Å². The molecular formula is C20H26N2O3. The highest BCUT2D eigenvalue weighted by Crippen LogP contribution is 2.29. The summed E-state index contributed by atoms with van der Waals surface area (Å²) >= 11 is 0. The summed E-state index contributed by atoms with van der Waals surface area (Å²) in [5, 5.41) is 18.1. The summed E-state index contributed by atoms with van der Waals surface area (Å²) in [5.41, 5.74) is 0.550. The van der Waals surface area contributed by atoms with Crippen molar-refractivity contribution < 1.29 is 14.3 Å². The minimum atomic E-state index is -0.452. The van der Waals surface area contributed by atoms with E-state index in [9.17, 15) is 10.1 Å². The first kappa shape index (κ1) is 20.5. The van der Waals surface area contributed by atoms with E-state index < -0.39 is 11.4 Å². The van der Waals surface area contributed by atoms with Crippen molar-refractivity contribution in [2.45, 2.75) is 52.4 Å². The van der Waals surface area contributed by atoms with Crippen LogP contribution >= 0.6 is 0 Å². The monoisotopic (exact) mass is 342 g/mol. The lowest BCUT2D eigenvalue weighted by Gasteiger charge is -2.21. The second-order valence-electron chi connectivity index (χ2n) is 6.31. The fourth-order valence-corrected chi connectivity index (χ4v) is 2.62. The summed E-state index contributed by atoms with van der Waals surface area (Å²) in [6.07, 6.45) is 4.78. The molecule has 25 heavy (non-hydrogen) atoms. The van der Waals surface area contributed by atoms with E-state index in [-0.39, 0.29) is 6.61 Å². The number of ether oxygens (including phenoxy) is 2. The van der Waals surface area contributed by atoms with Crippen LogP contribution in [0.25, 0.3) is 0 Å². The SMILES string of the molecule is CCOC(=O)COc1cccc(CC(C)(C#N)CCCCCC#N)c1. The summed E-state index contributed by atoms with van der Waals surface area (Å²) in [7, 11) is 0. The molecule has 0 amide bonds. The Labute approximate surface area is 150 Å². The Morgan fingerprint density at radius 2 is 2.04 bits per heavy atom. The molecule has 1 rings (SSSR count). The molecule has 0 aliphatic rings. The molecule has 1 aromatic rings. The maximum atomic E-state index is 11.4. The van der Waals surface area contributed by atoms with Crippen LogP contribution in [0.2, 0.25) is 0 Å². The van der Waals surface area contributed by atoms with Gasteiger partial charge in [0.25, 0.3) is 0 Å². The Morgan fingerprint density at radius 3 is 2.72 bits per heavy atom. The molecule has 0 aromatic heterocycles. The molecule has 0 radical (unpaired) electrons. The molecule has 0 aliphatic heterocycles. The zero-order valence-electron chi connectivity index (χ0n) is 15.1. The second kappa shape index (κ2) is 11.1. The Balaban J connectivity index is 2.58. The highest BCUT2D eigenvalue weighted by molar-refractivity contribution is 5.71. The lowest BCUT2D eigenvalue weighted by atomic mass is 9.80. The van der Waals surface area contributed by atoms with Gasteiger partial charge in [-0.15, -0.1) is 0 Å². The van der Waals surface area contributed by atoms with Crippen molar-refractivity contribution in [2.24, 2.45) is 5.41 Å². The van der Waals surface area contributed by atoms with Gasteiger partial charge in [0.05, 0.1) is 24.2 Å². The molecule has 134 valence electrons. The number of nitriles is 2. The van der Waals surface area contributed by atoms with Crippen molar-refractivity contribution in [3.8, 4) is 17.9 Å². The molecule has 5 nitrogen and oxygen atoms in total. The van der Waals surface area contributed by atoms with Crippen molar-refractivity contribution >= 4 is 5.97 Å². The summed E-state index contributed by atoms with van der Waals surface area (Å²) in [5.74, 6) is 0.201. The predicted molar refractivity (Wildman–Crippen MR) is 94.7 cm³/mol. The molecule has 0 spiro atoms. The van der Waals surface area contributed by atoms with Gasteiger partial charge in [0.1, 0.15) is 5.75 Å². The number of unbranched alkanes of at least 4 members (excludes halogenated alkanes) is 3. The molecule has 1 aromatic carbocycles. The third-order valence-electron chi connectivity index (χ3n) is 3.94. The van der Waals surface area contributed by atoms with E-state index in [1.165, 1.54) is 0 Å². The molecular weight excluding hydrogens is 316 g/mol. The van der Waals surface area contributed by atoms with Gasteiger partial charge >= 0.3 is 5.97 Å². The van der Waals surface area contributed by atoms with Crippen LogP contribution < -0.4 is 4.74 Å². The number of nitrogens with zero attached hydrogens (tertiary/aromatic N) is 2. The minimum Gasteiger partial charge on any atom is -0.482 e. The summed E-state index contributed by atoms with van der Waals surface area (Å²) in [6.45, 7) is 3.92. The van der Waals surface area contributed by atoms with Crippen LogP contribution in [0.1, 0.15) is 51.5 Å². The van der Waals surface area contributed by atoms with Gasteiger partial charge in [-0.05, 0) is 50.8 Å². The van der Waals surface area contributed by atoms with Gasteiger partial charge < -0.3 is 9.47 Å². The van der Waals surface area contributed by atoms with E-state index in [2.05, 4.69) is 12.1 Å². The van der Waals surface area contributed by atoms with E-state index in [0.717, 1.165) is 31.2 Å². The number of hydrogen-bond donors (Lipinski definition) is 0. The number of carbonyl (C=O) groups excluding carboxylic acids is 1. The fraction of sp³-hybridized carbons (Fsp3) is 0.550. The van der Waals surface area contributed by atoms with Crippen LogP contribution in [0.5, 0.6) is 5.75 Å². The average molecular weight is 342 g/mol. The number of hydrogen-bond acceptors (Lipinski definition) is 5.